The number of ketones is 1. The first-order valence-electron chi connectivity index (χ1n) is 6.80. The normalized spacial score (nSPS) is 14.2. The molecule has 0 atom stereocenters. The van der Waals surface area contributed by atoms with Crippen molar-refractivity contribution in [1.82, 2.24) is 4.90 Å². The molecule has 3 rings (SSSR count). The van der Waals surface area contributed by atoms with Crippen LogP contribution >= 0.6 is 11.6 Å². The molecule has 0 aromatic heterocycles. The van der Waals surface area contributed by atoms with Crippen LogP contribution in [-0.4, -0.2) is 17.2 Å². The fourth-order valence-corrected chi connectivity index (χ4v) is 2.82. The third-order valence-electron chi connectivity index (χ3n) is 3.71. The second-order valence-corrected chi connectivity index (χ2v) is 5.60. The fourth-order valence-electron chi connectivity index (χ4n) is 2.63. The number of hydrogen-bond acceptors (Lipinski definition) is 2. The molecule has 0 saturated carbocycles. The number of carbonyl (C=O) groups excluding carboxylic acids is 1. The van der Waals surface area contributed by atoms with Gasteiger partial charge < -0.3 is 0 Å². The molecule has 2 nitrogen and oxygen atoms in total. The largest absolute Gasteiger partial charge is 0.294 e. The molecule has 20 heavy (non-hydrogen) atoms. The highest BCUT2D eigenvalue weighted by molar-refractivity contribution is 6.31. The highest BCUT2D eigenvalue weighted by Crippen LogP contribution is 2.22. The zero-order chi connectivity index (χ0) is 13.9. The number of fused-ring (bicyclic) bond motifs is 1. The Hall–Kier alpha value is -1.64. The van der Waals surface area contributed by atoms with Crippen LogP contribution in [0.2, 0.25) is 5.02 Å². The topological polar surface area (TPSA) is 20.3 Å². The fraction of sp³-hybridized carbons (Fsp3) is 0.235. The standard InChI is InChI=1S/C17H16ClNO/c18-16-7-3-6-13(10-16)17(20)8-9-19-11-14-4-1-2-5-15(14)12-19/h1-7,10H,8-9,11-12H2. The van der Waals surface area contributed by atoms with E-state index in [1.54, 1.807) is 12.1 Å². The van der Waals surface area contributed by atoms with Crippen LogP contribution in [0.15, 0.2) is 48.5 Å². The Morgan fingerprint density at radius 1 is 1.05 bits per heavy atom. The van der Waals surface area contributed by atoms with Gasteiger partial charge in [-0.3, -0.25) is 9.69 Å². The van der Waals surface area contributed by atoms with Crippen LogP contribution < -0.4 is 0 Å². The molecule has 0 fully saturated rings. The minimum Gasteiger partial charge on any atom is -0.294 e. The molecule has 1 aliphatic rings. The van der Waals surface area contributed by atoms with Crippen LogP contribution in [0.1, 0.15) is 27.9 Å². The summed E-state index contributed by atoms with van der Waals surface area (Å²) in [5.41, 5.74) is 3.46. The van der Waals surface area contributed by atoms with Gasteiger partial charge in [0, 0.05) is 36.6 Å². The van der Waals surface area contributed by atoms with Crippen LogP contribution in [0, 0.1) is 0 Å². The third kappa shape index (κ3) is 2.92. The van der Waals surface area contributed by atoms with E-state index in [1.165, 1.54) is 11.1 Å². The van der Waals surface area contributed by atoms with Crippen LogP contribution in [-0.2, 0) is 13.1 Å². The molecule has 0 radical (unpaired) electrons. The molecule has 0 amide bonds. The van der Waals surface area contributed by atoms with Crippen molar-refractivity contribution in [2.45, 2.75) is 19.5 Å². The van der Waals surface area contributed by atoms with Gasteiger partial charge in [0.1, 0.15) is 0 Å². The number of Topliss-reactive ketones (excluding diaryl/α,β-unsaturated/α-hetero) is 1. The first kappa shape index (κ1) is 13.3. The number of carbonyl (C=O) groups is 1. The minimum atomic E-state index is 0.156. The lowest BCUT2D eigenvalue weighted by Gasteiger charge is -2.13. The van der Waals surface area contributed by atoms with Crippen molar-refractivity contribution < 1.29 is 4.79 Å². The minimum absolute atomic E-state index is 0.156. The summed E-state index contributed by atoms with van der Waals surface area (Å²) in [5, 5.41) is 0.615. The van der Waals surface area contributed by atoms with Gasteiger partial charge in [0.05, 0.1) is 0 Å². The molecule has 0 unspecified atom stereocenters. The molecule has 1 heterocycles. The Labute approximate surface area is 124 Å². The first-order chi connectivity index (χ1) is 9.72. The van der Waals surface area contributed by atoms with E-state index >= 15 is 0 Å². The molecule has 3 heteroatoms. The maximum Gasteiger partial charge on any atom is 0.164 e. The number of nitrogens with zero attached hydrogens (tertiary/aromatic N) is 1. The van der Waals surface area contributed by atoms with Crippen LogP contribution in [0.5, 0.6) is 0 Å². The predicted octanol–water partition coefficient (Wildman–Crippen LogP) is 3.93. The lowest BCUT2D eigenvalue weighted by Crippen LogP contribution is -2.20. The lowest BCUT2D eigenvalue weighted by molar-refractivity contribution is 0.0963. The molecule has 0 aliphatic carbocycles. The molecule has 0 spiro atoms. The Kier molecular flexibility index (Phi) is 3.86. The van der Waals surface area contributed by atoms with Gasteiger partial charge in [0.15, 0.2) is 5.78 Å². The Balaban J connectivity index is 1.58. The first-order valence-corrected chi connectivity index (χ1v) is 7.18. The SMILES string of the molecule is O=C(CCN1Cc2ccccc2C1)c1cccc(Cl)c1. The van der Waals surface area contributed by atoms with Crippen molar-refractivity contribution in [3.8, 4) is 0 Å². The molecular formula is C17H16ClNO. The number of halogens is 1. The zero-order valence-corrected chi connectivity index (χ0v) is 11.9. The third-order valence-corrected chi connectivity index (χ3v) is 3.94. The Morgan fingerprint density at radius 2 is 1.75 bits per heavy atom. The molecular weight excluding hydrogens is 270 g/mol. The van der Waals surface area contributed by atoms with Crippen LogP contribution in [0.25, 0.3) is 0 Å². The van der Waals surface area contributed by atoms with Gasteiger partial charge in [-0.2, -0.15) is 0 Å². The second-order valence-electron chi connectivity index (χ2n) is 5.16. The van der Waals surface area contributed by atoms with E-state index in [4.69, 9.17) is 11.6 Å². The molecule has 0 N–H and O–H groups in total. The van der Waals surface area contributed by atoms with E-state index in [1.807, 2.05) is 12.1 Å². The molecule has 2 aromatic carbocycles. The summed E-state index contributed by atoms with van der Waals surface area (Å²) in [5.74, 6) is 0.156. The highest BCUT2D eigenvalue weighted by atomic mass is 35.5. The van der Waals surface area contributed by atoms with Gasteiger partial charge in [0.25, 0.3) is 0 Å². The van der Waals surface area contributed by atoms with Crippen molar-refractivity contribution in [3.05, 3.63) is 70.2 Å². The van der Waals surface area contributed by atoms with Crippen molar-refractivity contribution in [2.75, 3.05) is 6.54 Å². The summed E-state index contributed by atoms with van der Waals surface area (Å²) in [6.07, 6.45) is 0.536. The monoisotopic (exact) mass is 285 g/mol. The highest BCUT2D eigenvalue weighted by Gasteiger charge is 2.18. The van der Waals surface area contributed by atoms with Gasteiger partial charge in [-0.05, 0) is 23.3 Å². The molecule has 1 aliphatic heterocycles. The molecule has 2 aromatic rings. The van der Waals surface area contributed by atoms with Crippen molar-refractivity contribution in [3.63, 3.8) is 0 Å². The second kappa shape index (κ2) is 5.78. The average Bonchev–Trinajstić information content (AvgIpc) is 2.87. The maximum atomic E-state index is 12.1. The quantitative estimate of drug-likeness (QED) is 0.794. The van der Waals surface area contributed by atoms with Gasteiger partial charge >= 0.3 is 0 Å². The average molecular weight is 286 g/mol. The summed E-state index contributed by atoms with van der Waals surface area (Å²) >= 11 is 5.91. The summed E-state index contributed by atoms with van der Waals surface area (Å²) in [7, 11) is 0. The van der Waals surface area contributed by atoms with E-state index in [0.717, 1.165) is 19.6 Å². The number of rotatable bonds is 4. The van der Waals surface area contributed by atoms with Gasteiger partial charge in [-0.1, -0.05) is 48.0 Å². The molecule has 0 saturated heterocycles. The van der Waals surface area contributed by atoms with Crippen LogP contribution in [0.4, 0.5) is 0 Å². The van der Waals surface area contributed by atoms with E-state index in [9.17, 15) is 4.79 Å². The summed E-state index contributed by atoms with van der Waals surface area (Å²) in [6.45, 7) is 2.68. The number of hydrogen-bond donors (Lipinski definition) is 0. The summed E-state index contributed by atoms with van der Waals surface area (Å²) < 4.78 is 0. The van der Waals surface area contributed by atoms with Crippen LogP contribution in [0.3, 0.4) is 0 Å². The Bertz CT molecular complexity index is 613. The van der Waals surface area contributed by atoms with Crippen molar-refractivity contribution in [1.29, 1.82) is 0 Å². The predicted molar refractivity (Wildman–Crippen MR) is 81.0 cm³/mol. The number of benzene rings is 2. The maximum absolute atomic E-state index is 12.1. The van der Waals surface area contributed by atoms with Gasteiger partial charge in [-0.15, -0.1) is 0 Å². The van der Waals surface area contributed by atoms with Gasteiger partial charge in [0.2, 0.25) is 0 Å². The van der Waals surface area contributed by atoms with E-state index in [2.05, 4.69) is 29.2 Å². The van der Waals surface area contributed by atoms with Crippen molar-refractivity contribution >= 4 is 17.4 Å². The Morgan fingerprint density at radius 3 is 2.40 bits per heavy atom. The molecule has 0 bridgehead atoms. The summed E-state index contributed by atoms with van der Waals surface area (Å²) in [6, 6.07) is 15.6. The van der Waals surface area contributed by atoms with Crippen molar-refractivity contribution in [2.24, 2.45) is 0 Å². The summed E-state index contributed by atoms with van der Waals surface area (Å²) in [4.78, 5) is 14.5. The zero-order valence-electron chi connectivity index (χ0n) is 11.2. The van der Waals surface area contributed by atoms with E-state index in [-0.39, 0.29) is 5.78 Å². The smallest absolute Gasteiger partial charge is 0.164 e. The lowest BCUT2D eigenvalue weighted by atomic mass is 10.1. The molecule has 102 valence electrons. The van der Waals surface area contributed by atoms with E-state index < -0.39 is 0 Å². The van der Waals surface area contributed by atoms with E-state index in [0.29, 0.717) is 17.0 Å². The van der Waals surface area contributed by atoms with Gasteiger partial charge in [-0.25, -0.2) is 0 Å².